The van der Waals surface area contributed by atoms with Gasteiger partial charge in [0.25, 0.3) is 5.91 Å². The molecule has 1 N–H and O–H groups in total. The van der Waals surface area contributed by atoms with E-state index >= 15 is 0 Å². The number of pyridine rings is 1. The summed E-state index contributed by atoms with van der Waals surface area (Å²) < 4.78 is 0. The molecule has 0 bridgehead atoms. The predicted molar refractivity (Wildman–Crippen MR) is 104 cm³/mol. The van der Waals surface area contributed by atoms with Crippen LogP contribution in [-0.4, -0.2) is 16.7 Å². The van der Waals surface area contributed by atoms with Crippen molar-refractivity contribution in [2.24, 2.45) is 0 Å². The second-order valence-corrected chi connectivity index (χ2v) is 6.31. The van der Waals surface area contributed by atoms with Crippen molar-refractivity contribution in [3.05, 3.63) is 82.5 Å². The van der Waals surface area contributed by atoms with Gasteiger partial charge in [-0.2, -0.15) is 0 Å². The van der Waals surface area contributed by atoms with Crippen LogP contribution in [0.1, 0.15) is 33.2 Å². The number of aromatic nitrogens is 1. The molecule has 0 aliphatic rings. The second-order valence-electron chi connectivity index (χ2n) is 5.90. The number of halogens is 1. The molecule has 26 heavy (non-hydrogen) atoms. The summed E-state index contributed by atoms with van der Waals surface area (Å²) in [6.07, 6.45) is 1.72. The molecule has 1 heterocycles. The Balaban J connectivity index is 1.95. The Morgan fingerprint density at radius 2 is 1.85 bits per heavy atom. The highest BCUT2D eigenvalue weighted by atomic mass is 35.5. The summed E-state index contributed by atoms with van der Waals surface area (Å²) in [5.74, 6) is -0.381. The van der Waals surface area contributed by atoms with Crippen LogP contribution in [0.3, 0.4) is 0 Å². The van der Waals surface area contributed by atoms with Gasteiger partial charge in [-0.05, 0) is 55.8 Å². The van der Waals surface area contributed by atoms with Crippen molar-refractivity contribution < 1.29 is 9.59 Å². The summed E-state index contributed by atoms with van der Waals surface area (Å²) in [6, 6.07) is 16.0. The highest BCUT2D eigenvalue weighted by Crippen LogP contribution is 2.27. The van der Waals surface area contributed by atoms with Crippen LogP contribution in [-0.2, 0) is 0 Å². The number of rotatable bonds is 4. The van der Waals surface area contributed by atoms with Gasteiger partial charge in [0, 0.05) is 22.9 Å². The van der Waals surface area contributed by atoms with E-state index in [-0.39, 0.29) is 11.7 Å². The zero-order valence-electron chi connectivity index (χ0n) is 14.4. The second kappa shape index (κ2) is 7.50. The van der Waals surface area contributed by atoms with E-state index in [2.05, 4.69) is 10.3 Å². The van der Waals surface area contributed by atoms with Crippen LogP contribution in [0.2, 0.25) is 5.02 Å². The molecule has 5 heteroatoms. The van der Waals surface area contributed by atoms with Gasteiger partial charge in [0.15, 0.2) is 5.78 Å². The molecule has 0 spiro atoms. The van der Waals surface area contributed by atoms with Gasteiger partial charge in [-0.1, -0.05) is 29.8 Å². The Morgan fingerprint density at radius 1 is 1.04 bits per heavy atom. The van der Waals surface area contributed by atoms with Crippen molar-refractivity contribution in [3.63, 3.8) is 0 Å². The number of carbonyl (C=O) groups excluding carboxylic acids is 2. The zero-order valence-corrected chi connectivity index (χ0v) is 15.2. The lowest BCUT2D eigenvalue weighted by atomic mass is 9.99. The monoisotopic (exact) mass is 364 g/mol. The Morgan fingerprint density at radius 3 is 2.54 bits per heavy atom. The normalized spacial score (nSPS) is 10.4. The largest absolute Gasteiger partial charge is 0.321 e. The molecule has 0 aliphatic heterocycles. The fourth-order valence-electron chi connectivity index (χ4n) is 2.71. The average molecular weight is 365 g/mol. The number of hydrogen-bond acceptors (Lipinski definition) is 3. The molecule has 130 valence electrons. The molecule has 0 saturated heterocycles. The number of benzene rings is 2. The van der Waals surface area contributed by atoms with Crippen LogP contribution >= 0.6 is 11.6 Å². The molecule has 0 atom stereocenters. The van der Waals surface area contributed by atoms with Crippen molar-refractivity contribution in [2.75, 3.05) is 5.32 Å². The van der Waals surface area contributed by atoms with Gasteiger partial charge in [-0.15, -0.1) is 0 Å². The van der Waals surface area contributed by atoms with E-state index in [1.165, 1.54) is 6.92 Å². The lowest BCUT2D eigenvalue weighted by Crippen LogP contribution is -2.14. The van der Waals surface area contributed by atoms with Gasteiger partial charge in [0.2, 0.25) is 0 Å². The standard InChI is InChI=1S/C21H17ClN2O2/c1-13-16(19-8-3-4-11-23-19)6-5-7-17(13)21(26)24-20-12-15(14(2)25)9-10-18(20)22/h3-12H,1-2H3,(H,24,26). The van der Waals surface area contributed by atoms with Crippen LogP contribution in [0.5, 0.6) is 0 Å². The van der Waals surface area contributed by atoms with Crippen LogP contribution in [0, 0.1) is 6.92 Å². The van der Waals surface area contributed by atoms with Crippen molar-refractivity contribution in [1.82, 2.24) is 4.98 Å². The Hall–Kier alpha value is -2.98. The molecular weight excluding hydrogens is 348 g/mol. The summed E-state index contributed by atoms with van der Waals surface area (Å²) in [4.78, 5) is 28.7. The molecule has 3 aromatic rings. The van der Waals surface area contributed by atoms with Gasteiger partial charge < -0.3 is 5.32 Å². The lowest BCUT2D eigenvalue weighted by molar-refractivity contribution is 0.101. The highest BCUT2D eigenvalue weighted by molar-refractivity contribution is 6.34. The van der Waals surface area contributed by atoms with E-state index in [0.29, 0.717) is 21.8 Å². The first-order valence-corrected chi connectivity index (χ1v) is 8.48. The van der Waals surface area contributed by atoms with Crippen molar-refractivity contribution >= 4 is 29.0 Å². The SMILES string of the molecule is CC(=O)c1ccc(Cl)c(NC(=O)c2cccc(-c3ccccn3)c2C)c1. The maximum absolute atomic E-state index is 12.8. The molecule has 3 rings (SSSR count). The number of anilines is 1. The van der Waals surface area contributed by atoms with E-state index in [1.54, 1.807) is 30.5 Å². The van der Waals surface area contributed by atoms with Crippen molar-refractivity contribution in [1.29, 1.82) is 0 Å². The first-order valence-electron chi connectivity index (χ1n) is 8.10. The molecule has 0 saturated carbocycles. The third kappa shape index (κ3) is 3.65. The minimum atomic E-state index is -0.289. The van der Waals surface area contributed by atoms with E-state index in [4.69, 9.17) is 11.6 Å². The van der Waals surface area contributed by atoms with E-state index < -0.39 is 0 Å². The van der Waals surface area contributed by atoms with Gasteiger partial charge in [0.1, 0.15) is 0 Å². The van der Waals surface area contributed by atoms with Gasteiger partial charge in [-0.3, -0.25) is 14.6 Å². The third-order valence-corrected chi connectivity index (χ3v) is 4.47. The van der Waals surface area contributed by atoms with Gasteiger partial charge >= 0.3 is 0 Å². The molecule has 4 nitrogen and oxygen atoms in total. The number of hydrogen-bond donors (Lipinski definition) is 1. The Bertz CT molecular complexity index is 985. The van der Waals surface area contributed by atoms with Crippen LogP contribution in [0.4, 0.5) is 5.69 Å². The third-order valence-electron chi connectivity index (χ3n) is 4.14. The molecular formula is C21H17ClN2O2. The van der Waals surface area contributed by atoms with Crippen LogP contribution < -0.4 is 5.32 Å². The Labute approximate surface area is 156 Å². The summed E-state index contributed by atoms with van der Waals surface area (Å²) in [7, 11) is 0. The van der Waals surface area contributed by atoms with Crippen LogP contribution in [0.25, 0.3) is 11.3 Å². The molecule has 1 aromatic heterocycles. The molecule has 0 aliphatic carbocycles. The summed E-state index contributed by atoms with van der Waals surface area (Å²) >= 11 is 6.16. The molecule has 2 aromatic carbocycles. The minimum Gasteiger partial charge on any atom is -0.321 e. The van der Waals surface area contributed by atoms with E-state index in [0.717, 1.165) is 16.8 Å². The maximum Gasteiger partial charge on any atom is 0.255 e. The highest BCUT2D eigenvalue weighted by Gasteiger charge is 2.15. The quantitative estimate of drug-likeness (QED) is 0.650. The zero-order chi connectivity index (χ0) is 18.7. The number of carbonyl (C=O) groups is 2. The lowest BCUT2D eigenvalue weighted by Gasteiger charge is -2.13. The number of amides is 1. The van der Waals surface area contributed by atoms with Crippen molar-refractivity contribution in [3.8, 4) is 11.3 Å². The predicted octanol–water partition coefficient (Wildman–Crippen LogP) is 5.17. The first-order chi connectivity index (χ1) is 12.5. The van der Waals surface area contributed by atoms with Crippen LogP contribution in [0.15, 0.2) is 60.8 Å². The number of Topliss-reactive ketones (excluding diaryl/α,β-unsaturated/α-hetero) is 1. The number of nitrogens with one attached hydrogen (secondary N) is 1. The topological polar surface area (TPSA) is 59.1 Å². The first kappa shape index (κ1) is 17.8. The van der Waals surface area contributed by atoms with E-state index in [9.17, 15) is 9.59 Å². The molecule has 0 unspecified atom stereocenters. The molecule has 0 radical (unpaired) electrons. The van der Waals surface area contributed by atoms with Crippen molar-refractivity contribution in [2.45, 2.75) is 13.8 Å². The summed E-state index contributed by atoms with van der Waals surface area (Å²) in [5, 5.41) is 3.17. The number of ketones is 1. The fourth-order valence-corrected chi connectivity index (χ4v) is 2.88. The Kier molecular flexibility index (Phi) is 5.14. The maximum atomic E-state index is 12.8. The minimum absolute atomic E-state index is 0.0921. The number of nitrogens with zero attached hydrogens (tertiary/aromatic N) is 1. The summed E-state index contributed by atoms with van der Waals surface area (Å²) in [6.45, 7) is 3.35. The van der Waals surface area contributed by atoms with Gasteiger partial charge in [-0.25, -0.2) is 0 Å². The average Bonchev–Trinajstić information content (AvgIpc) is 2.64. The smallest absolute Gasteiger partial charge is 0.255 e. The molecule has 1 amide bonds. The fraction of sp³-hybridized carbons (Fsp3) is 0.0952. The van der Waals surface area contributed by atoms with E-state index in [1.807, 2.05) is 37.3 Å². The summed E-state index contributed by atoms with van der Waals surface area (Å²) in [5.41, 5.74) is 3.94. The molecule has 0 fully saturated rings. The van der Waals surface area contributed by atoms with Gasteiger partial charge in [0.05, 0.1) is 16.4 Å².